The van der Waals surface area contributed by atoms with Gasteiger partial charge in [0.1, 0.15) is 0 Å². The van der Waals surface area contributed by atoms with Gasteiger partial charge in [0, 0.05) is 30.4 Å². The molecule has 4 amide bonds. The Kier molecular flexibility index (Phi) is 2.57. The third-order valence-electron chi connectivity index (χ3n) is 2.90. The molecule has 0 unspecified atom stereocenters. The number of benzene rings is 1. The first-order chi connectivity index (χ1) is 9.59. The van der Waals surface area contributed by atoms with Gasteiger partial charge in [0.2, 0.25) is 0 Å². The van der Waals surface area contributed by atoms with E-state index in [-0.39, 0.29) is 11.4 Å². The fourth-order valence-corrected chi connectivity index (χ4v) is 2.04. The normalized spacial score (nSPS) is 17.8. The maximum atomic E-state index is 11.7. The first-order valence-electron chi connectivity index (χ1n) is 5.72. The van der Waals surface area contributed by atoms with E-state index in [2.05, 4.69) is 6.07 Å². The highest BCUT2D eigenvalue weighted by molar-refractivity contribution is 6.33. The minimum absolute atomic E-state index is 0.0814. The molecule has 97 valence electrons. The average Bonchev–Trinajstić information content (AvgIpc) is 2.93. The monoisotopic (exact) mass is 267 g/mol. The topological polar surface area (TPSA) is 74.8 Å². The van der Waals surface area contributed by atoms with Crippen molar-refractivity contribution >= 4 is 35.0 Å². The highest BCUT2D eigenvalue weighted by Gasteiger charge is 2.33. The first-order valence-corrected chi connectivity index (χ1v) is 5.72. The van der Waals surface area contributed by atoms with Crippen LogP contribution in [0.4, 0.5) is 11.4 Å². The summed E-state index contributed by atoms with van der Waals surface area (Å²) in [6.07, 6.45) is 4.51. The molecule has 2 aliphatic rings. The summed E-state index contributed by atoms with van der Waals surface area (Å²) in [6, 6.07) is 7.27. The number of anilines is 2. The van der Waals surface area contributed by atoms with E-state index in [1.807, 2.05) is 0 Å². The zero-order valence-electron chi connectivity index (χ0n) is 10.1. The van der Waals surface area contributed by atoms with Crippen LogP contribution >= 0.6 is 0 Å². The summed E-state index contributed by atoms with van der Waals surface area (Å²) >= 11 is 0. The molecule has 1 aromatic carbocycles. The van der Waals surface area contributed by atoms with Crippen LogP contribution in [0.2, 0.25) is 0 Å². The molecule has 1 radical (unpaired) electrons. The van der Waals surface area contributed by atoms with E-state index in [4.69, 9.17) is 0 Å². The molecule has 2 heterocycles. The SMILES string of the molecule is O=C1C=CC(=O)N1c1[c]cccc1N1C(=O)C=CC1=O. The minimum Gasteiger partial charge on any atom is -0.269 e. The molecule has 3 rings (SSSR count). The Morgan fingerprint density at radius 2 is 1.25 bits per heavy atom. The van der Waals surface area contributed by atoms with Crippen molar-refractivity contribution in [2.75, 3.05) is 9.80 Å². The Morgan fingerprint density at radius 3 is 1.80 bits per heavy atom. The van der Waals surface area contributed by atoms with Crippen LogP contribution in [0.5, 0.6) is 0 Å². The van der Waals surface area contributed by atoms with Gasteiger partial charge in [-0.1, -0.05) is 12.1 Å². The van der Waals surface area contributed by atoms with Crippen LogP contribution in [0.25, 0.3) is 0 Å². The summed E-state index contributed by atoms with van der Waals surface area (Å²) in [4.78, 5) is 48.6. The largest absolute Gasteiger partial charge is 0.269 e. The molecule has 6 nitrogen and oxygen atoms in total. The van der Waals surface area contributed by atoms with Gasteiger partial charge < -0.3 is 0 Å². The zero-order chi connectivity index (χ0) is 14.3. The lowest BCUT2D eigenvalue weighted by atomic mass is 10.2. The maximum absolute atomic E-state index is 11.7. The van der Waals surface area contributed by atoms with Crippen molar-refractivity contribution in [3.63, 3.8) is 0 Å². The highest BCUT2D eigenvalue weighted by Crippen LogP contribution is 2.32. The lowest BCUT2D eigenvalue weighted by Gasteiger charge is -2.22. The third-order valence-corrected chi connectivity index (χ3v) is 2.90. The van der Waals surface area contributed by atoms with Crippen molar-refractivity contribution < 1.29 is 19.2 Å². The smallest absolute Gasteiger partial charge is 0.258 e. The van der Waals surface area contributed by atoms with E-state index in [1.54, 1.807) is 6.07 Å². The summed E-state index contributed by atoms with van der Waals surface area (Å²) in [5.41, 5.74) is 0.232. The van der Waals surface area contributed by atoms with Gasteiger partial charge in [-0.2, -0.15) is 0 Å². The van der Waals surface area contributed by atoms with Crippen molar-refractivity contribution in [1.82, 2.24) is 0 Å². The maximum Gasteiger partial charge on any atom is 0.258 e. The van der Waals surface area contributed by atoms with Gasteiger partial charge in [-0.15, -0.1) is 0 Å². The molecule has 0 bridgehead atoms. The number of hydrogen-bond donors (Lipinski definition) is 0. The molecule has 0 spiro atoms. The molecule has 0 aromatic heterocycles. The molecule has 20 heavy (non-hydrogen) atoms. The second-order valence-corrected chi connectivity index (χ2v) is 4.09. The average molecular weight is 267 g/mol. The van der Waals surface area contributed by atoms with Gasteiger partial charge in [-0.3, -0.25) is 19.2 Å². The highest BCUT2D eigenvalue weighted by atomic mass is 16.2. The molecular formula is C14H7N2O4. The van der Waals surface area contributed by atoms with E-state index in [1.165, 1.54) is 12.1 Å². The van der Waals surface area contributed by atoms with E-state index >= 15 is 0 Å². The Labute approximate surface area is 113 Å². The molecule has 0 saturated carbocycles. The molecule has 0 atom stereocenters. The Bertz CT molecular complexity index is 621. The molecule has 0 aliphatic carbocycles. The number of carbonyl (C=O) groups is 4. The van der Waals surface area contributed by atoms with Crippen LogP contribution in [0.15, 0.2) is 42.5 Å². The van der Waals surface area contributed by atoms with Gasteiger partial charge in [-0.05, 0) is 6.07 Å². The summed E-state index contributed by atoms with van der Waals surface area (Å²) < 4.78 is 0. The Hall–Kier alpha value is -3.02. The van der Waals surface area contributed by atoms with Crippen LogP contribution < -0.4 is 9.80 Å². The standard InChI is InChI=1S/C14H7N2O4/c17-11-5-6-12(18)15(11)9-3-1-2-4-10(9)16-13(19)7-8-14(16)20/h1-3,5-8H. The van der Waals surface area contributed by atoms with Gasteiger partial charge in [-0.25, -0.2) is 9.80 Å². The molecule has 6 heteroatoms. The fourth-order valence-electron chi connectivity index (χ4n) is 2.04. The first kappa shape index (κ1) is 12.0. The lowest BCUT2D eigenvalue weighted by molar-refractivity contribution is -0.122. The van der Waals surface area contributed by atoms with Crippen LogP contribution in [-0.2, 0) is 19.2 Å². The van der Waals surface area contributed by atoms with Gasteiger partial charge >= 0.3 is 0 Å². The van der Waals surface area contributed by atoms with Crippen LogP contribution in [-0.4, -0.2) is 23.6 Å². The summed E-state index contributed by atoms with van der Waals surface area (Å²) in [5, 5.41) is 0. The van der Waals surface area contributed by atoms with E-state index in [0.29, 0.717) is 0 Å². The van der Waals surface area contributed by atoms with Crippen molar-refractivity contribution in [2.45, 2.75) is 0 Å². The van der Waals surface area contributed by atoms with Crippen LogP contribution in [0, 0.1) is 6.07 Å². The summed E-state index contributed by atoms with van der Waals surface area (Å²) in [6.45, 7) is 0. The molecular weight excluding hydrogens is 260 g/mol. The number of carbonyl (C=O) groups excluding carboxylic acids is 4. The number of hydrogen-bond acceptors (Lipinski definition) is 4. The van der Waals surface area contributed by atoms with E-state index in [9.17, 15) is 19.2 Å². The predicted molar refractivity (Wildman–Crippen MR) is 68.5 cm³/mol. The molecule has 0 fully saturated rings. The summed E-state index contributed by atoms with van der Waals surface area (Å²) in [5.74, 6) is -2.12. The van der Waals surface area contributed by atoms with Crippen LogP contribution in [0.3, 0.4) is 0 Å². The Morgan fingerprint density at radius 1 is 0.750 bits per heavy atom. The number of amides is 4. The summed E-state index contributed by atoms with van der Waals surface area (Å²) in [7, 11) is 0. The predicted octanol–water partition coefficient (Wildman–Crippen LogP) is 0.346. The molecule has 0 N–H and O–H groups in total. The van der Waals surface area contributed by atoms with Crippen molar-refractivity contribution in [1.29, 1.82) is 0 Å². The van der Waals surface area contributed by atoms with Crippen molar-refractivity contribution in [2.24, 2.45) is 0 Å². The second-order valence-electron chi connectivity index (χ2n) is 4.09. The molecule has 2 aliphatic heterocycles. The van der Waals surface area contributed by atoms with Crippen LogP contribution in [0.1, 0.15) is 0 Å². The van der Waals surface area contributed by atoms with Gasteiger partial charge in [0.15, 0.2) is 0 Å². The number of imide groups is 2. The van der Waals surface area contributed by atoms with E-state index in [0.717, 1.165) is 34.1 Å². The lowest BCUT2D eigenvalue weighted by Crippen LogP contribution is -2.35. The molecule has 0 saturated heterocycles. The second kappa shape index (κ2) is 4.27. The van der Waals surface area contributed by atoms with Gasteiger partial charge in [0.05, 0.1) is 11.4 Å². The minimum atomic E-state index is -0.536. The quantitative estimate of drug-likeness (QED) is 0.724. The fraction of sp³-hybridized carbons (Fsp3) is 0. The van der Waals surface area contributed by atoms with E-state index < -0.39 is 23.6 Å². The molecule has 1 aromatic rings. The Balaban J connectivity index is 2.10. The number of para-hydroxylation sites is 1. The zero-order valence-corrected chi connectivity index (χ0v) is 10.1. The third kappa shape index (κ3) is 1.66. The number of nitrogens with zero attached hydrogens (tertiary/aromatic N) is 2. The van der Waals surface area contributed by atoms with Crippen molar-refractivity contribution in [3.8, 4) is 0 Å². The van der Waals surface area contributed by atoms with Gasteiger partial charge in [0.25, 0.3) is 23.6 Å². The number of rotatable bonds is 2. The van der Waals surface area contributed by atoms with Crippen molar-refractivity contribution in [3.05, 3.63) is 48.6 Å².